The zero-order valence-electron chi connectivity index (χ0n) is 12.7. The van der Waals surface area contributed by atoms with Gasteiger partial charge in [0.2, 0.25) is 0 Å². The predicted octanol–water partition coefficient (Wildman–Crippen LogP) is 4.99. The van der Waals surface area contributed by atoms with E-state index in [-0.39, 0.29) is 10.6 Å². The highest BCUT2D eigenvalue weighted by Crippen LogP contribution is 2.43. The number of carbonyl (C=O) groups is 2. The van der Waals surface area contributed by atoms with Crippen LogP contribution in [-0.2, 0) is 4.79 Å². The van der Waals surface area contributed by atoms with Crippen molar-refractivity contribution in [3.05, 3.63) is 68.7 Å². The molecule has 1 heterocycles. The van der Waals surface area contributed by atoms with E-state index in [4.69, 9.17) is 34.8 Å². The van der Waals surface area contributed by atoms with E-state index in [2.05, 4.69) is 0 Å². The summed E-state index contributed by atoms with van der Waals surface area (Å²) in [6.07, 6.45) is 0. The van der Waals surface area contributed by atoms with Gasteiger partial charge < -0.3 is 10.0 Å². The van der Waals surface area contributed by atoms with Crippen LogP contribution < -0.4 is 0 Å². The fourth-order valence-electron chi connectivity index (χ4n) is 2.64. The van der Waals surface area contributed by atoms with E-state index in [0.29, 0.717) is 15.8 Å². The zero-order chi connectivity index (χ0) is 18.1. The van der Waals surface area contributed by atoms with Gasteiger partial charge in [0.05, 0.1) is 10.0 Å². The summed E-state index contributed by atoms with van der Waals surface area (Å²) in [7, 11) is 0. The molecule has 1 aliphatic heterocycles. The Balaban J connectivity index is 2.01. The molecule has 1 N–H and O–H groups in total. The first-order chi connectivity index (χ1) is 11.9. The molecule has 2 aromatic rings. The summed E-state index contributed by atoms with van der Waals surface area (Å²) in [5.74, 6) is -1.18. The summed E-state index contributed by atoms with van der Waals surface area (Å²) in [6, 6.07) is 10.6. The average Bonchev–Trinajstić information content (AvgIpc) is 3.02. The van der Waals surface area contributed by atoms with Crippen LogP contribution in [0.1, 0.15) is 21.3 Å². The molecule has 0 spiro atoms. The Labute approximate surface area is 163 Å². The number of halogens is 3. The Hall–Kier alpha value is -1.40. The van der Waals surface area contributed by atoms with Crippen molar-refractivity contribution in [2.24, 2.45) is 0 Å². The summed E-state index contributed by atoms with van der Waals surface area (Å²) in [6.45, 7) is 0. The molecule has 0 radical (unpaired) electrons. The highest BCUT2D eigenvalue weighted by atomic mass is 35.5. The van der Waals surface area contributed by atoms with Crippen molar-refractivity contribution in [1.29, 1.82) is 0 Å². The number of hydrogen-bond acceptors (Lipinski definition) is 3. The number of carboxylic acids is 1. The number of hydrogen-bond donors (Lipinski definition) is 1. The van der Waals surface area contributed by atoms with Crippen molar-refractivity contribution in [3.8, 4) is 0 Å². The van der Waals surface area contributed by atoms with Gasteiger partial charge in [-0.2, -0.15) is 0 Å². The molecule has 8 heteroatoms. The van der Waals surface area contributed by atoms with E-state index in [1.165, 1.54) is 34.9 Å². The summed E-state index contributed by atoms with van der Waals surface area (Å²) < 4.78 is 0. The van der Waals surface area contributed by atoms with Gasteiger partial charge in [0.1, 0.15) is 11.4 Å². The lowest BCUT2D eigenvalue weighted by molar-refractivity contribution is -0.141. The normalized spacial score (nSPS) is 19.9. The van der Waals surface area contributed by atoms with Gasteiger partial charge in [-0.25, -0.2) is 4.79 Å². The topological polar surface area (TPSA) is 57.6 Å². The summed E-state index contributed by atoms with van der Waals surface area (Å²) in [5.41, 5.74) is 1.06. The fourth-order valence-corrected chi connectivity index (χ4v) is 4.55. The molecule has 4 nitrogen and oxygen atoms in total. The largest absolute Gasteiger partial charge is 0.480 e. The lowest BCUT2D eigenvalue weighted by Gasteiger charge is -2.28. The number of carbonyl (C=O) groups excluding carboxylic acids is 1. The Kier molecular flexibility index (Phi) is 5.49. The Morgan fingerprint density at radius 2 is 1.84 bits per heavy atom. The molecule has 1 aliphatic rings. The number of aliphatic carboxylic acids is 1. The van der Waals surface area contributed by atoms with Gasteiger partial charge in [-0.15, -0.1) is 11.8 Å². The predicted molar refractivity (Wildman–Crippen MR) is 101 cm³/mol. The molecule has 1 amide bonds. The molecule has 0 aromatic heterocycles. The van der Waals surface area contributed by atoms with Crippen LogP contribution >= 0.6 is 46.6 Å². The van der Waals surface area contributed by atoms with Crippen molar-refractivity contribution < 1.29 is 14.7 Å². The molecule has 2 atom stereocenters. The van der Waals surface area contributed by atoms with Gasteiger partial charge in [-0.3, -0.25) is 4.79 Å². The molecule has 3 rings (SSSR count). The number of amides is 1. The van der Waals surface area contributed by atoms with Gasteiger partial charge in [0, 0.05) is 16.3 Å². The first-order valence-corrected chi connectivity index (χ1v) is 9.44. The molecule has 2 aromatic carbocycles. The smallest absolute Gasteiger partial charge is 0.327 e. The summed E-state index contributed by atoms with van der Waals surface area (Å²) in [5, 5.41) is 10.2. The number of rotatable bonds is 3. The molecule has 0 saturated carbocycles. The second-order valence-electron chi connectivity index (χ2n) is 5.44. The molecular formula is C17H12Cl3NO3S. The third-order valence-electron chi connectivity index (χ3n) is 3.82. The Morgan fingerprint density at radius 3 is 2.48 bits per heavy atom. The summed E-state index contributed by atoms with van der Waals surface area (Å²) >= 11 is 19.3. The molecule has 2 unspecified atom stereocenters. The van der Waals surface area contributed by atoms with Gasteiger partial charge >= 0.3 is 5.97 Å². The quantitative estimate of drug-likeness (QED) is 0.766. The van der Waals surface area contributed by atoms with Crippen molar-refractivity contribution in [2.45, 2.75) is 11.4 Å². The van der Waals surface area contributed by atoms with Crippen molar-refractivity contribution in [3.63, 3.8) is 0 Å². The maximum atomic E-state index is 13.0. The highest BCUT2D eigenvalue weighted by molar-refractivity contribution is 7.99. The SMILES string of the molecule is O=C(O)C1CSC(c2cccc(Cl)c2)N1C(=O)c1ccc(Cl)c(Cl)c1. The fraction of sp³-hybridized carbons (Fsp3) is 0.176. The second-order valence-corrected chi connectivity index (χ2v) is 7.80. The van der Waals surface area contributed by atoms with E-state index >= 15 is 0 Å². The van der Waals surface area contributed by atoms with Crippen LogP contribution in [0.4, 0.5) is 0 Å². The molecule has 1 fully saturated rings. The molecule has 0 bridgehead atoms. The second kappa shape index (κ2) is 7.46. The maximum absolute atomic E-state index is 13.0. The van der Waals surface area contributed by atoms with Crippen LogP contribution in [-0.4, -0.2) is 33.7 Å². The van der Waals surface area contributed by atoms with Crippen LogP contribution in [0.5, 0.6) is 0 Å². The zero-order valence-corrected chi connectivity index (χ0v) is 15.7. The van der Waals surface area contributed by atoms with Crippen molar-refractivity contribution >= 4 is 58.4 Å². The first-order valence-electron chi connectivity index (χ1n) is 7.26. The van der Waals surface area contributed by atoms with Crippen LogP contribution in [0.15, 0.2) is 42.5 Å². The molecule has 130 valence electrons. The molecular weight excluding hydrogens is 405 g/mol. The lowest BCUT2D eigenvalue weighted by Crippen LogP contribution is -2.43. The Morgan fingerprint density at radius 1 is 1.08 bits per heavy atom. The van der Waals surface area contributed by atoms with E-state index in [0.717, 1.165) is 5.56 Å². The van der Waals surface area contributed by atoms with Gasteiger partial charge in [-0.05, 0) is 35.9 Å². The monoisotopic (exact) mass is 415 g/mol. The minimum absolute atomic E-state index is 0.241. The maximum Gasteiger partial charge on any atom is 0.327 e. The third-order valence-corrected chi connectivity index (χ3v) is 6.12. The number of carboxylic acid groups (broad SMARTS) is 1. The summed E-state index contributed by atoms with van der Waals surface area (Å²) in [4.78, 5) is 26.0. The van der Waals surface area contributed by atoms with Crippen molar-refractivity contribution in [2.75, 3.05) is 5.75 Å². The van der Waals surface area contributed by atoms with Crippen molar-refractivity contribution in [1.82, 2.24) is 4.90 Å². The van der Waals surface area contributed by atoms with E-state index in [9.17, 15) is 14.7 Å². The van der Waals surface area contributed by atoms with E-state index in [1.807, 2.05) is 6.07 Å². The van der Waals surface area contributed by atoms with E-state index in [1.54, 1.807) is 18.2 Å². The standard InChI is InChI=1S/C17H12Cl3NO3S/c18-11-3-1-2-10(6-11)16-21(14(8-25-16)17(23)24)15(22)9-4-5-12(19)13(20)7-9/h1-7,14,16H,8H2,(H,23,24). The minimum atomic E-state index is -1.05. The number of nitrogens with zero attached hydrogens (tertiary/aromatic N) is 1. The lowest BCUT2D eigenvalue weighted by atomic mass is 10.1. The van der Waals surface area contributed by atoms with Gasteiger partial charge in [0.25, 0.3) is 5.91 Å². The molecule has 1 saturated heterocycles. The van der Waals surface area contributed by atoms with Crippen LogP contribution in [0.3, 0.4) is 0 Å². The Bertz CT molecular complexity index is 846. The van der Waals surface area contributed by atoms with Gasteiger partial charge in [-0.1, -0.05) is 46.9 Å². The van der Waals surface area contributed by atoms with Crippen LogP contribution in [0, 0.1) is 0 Å². The van der Waals surface area contributed by atoms with Crippen LogP contribution in [0.25, 0.3) is 0 Å². The van der Waals surface area contributed by atoms with E-state index < -0.39 is 23.3 Å². The average molecular weight is 417 g/mol. The van der Waals surface area contributed by atoms with Crippen LogP contribution in [0.2, 0.25) is 15.1 Å². The molecule has 25 heavy (non-hydrogen) atoms. The number of benzene rings is 2. The minimum Gasteiger partial charge on any atom is -0.480 e. The molecule has 0 aliphatic carbocycles. The highest BCUT2D eigenvalue weighted by Gasteiger charge is 2.42. The third kappa shape index (κ3) is 3.75. The van der Waals surface area contributed by atoms with Gasteiger partial charge in [0.15, 0.2) is 0 Å². The number of thioether (sulfide) groups is 1. The first kappa shape index (κ1) is 18.4.